The summed E-state index contributed by atoms with van der Waals surface area (Å²) in [5.41, 5.74) is 2.40. The first-order valence-corrected chi connectivity index (χ1v) is 4.76. The molecule has 0 bridgehead atoms. The van der Waals surface area contributed by atoms with Crippen molar-refractivity contribution in [3.8, 4) is 0 Å². The maximum absolute atomic E-state index is 4.81. The summed E-state index contributed by atoms with van der Waals surface area (Å²) in [6.45, 7) is 4.25. The lowest BCUT2D eigenvalue weighted by molar-refractivity contribution is 0.212. The second kappa shape index (κ2) is 5.02. The Bertz CT molecular complexity index is 221. The Labute approximate surface area is 80.1 Å². The molecule has 1 rings (SSSR count). The van der Waals surface area contributed by atoms with Gasteiger partial charge in [-0.05, 0) is 25.5 Å². The summed E-state index contributed by atoms with van der Waals surface area (Å²) in [6, 6.07) is 0. The molecule has 0 atom stereocenters. The molecular weight excluding hydrogens is 164 g/mol. The Hall–Kier alpha value is -0.830. The minimum atomic E-state index is 0.938. The fourth-order valence-electron chi connectivity index (χ4n) is 1.56. The van der Waals surface area contributed by atoms with Gasteiger partial charge in [-0.25, -0.2) is 0 Å². The van der Waals surface area contributed by atoms with Gasteiger partial charge < -0.3 is 9.74 Å². The Morgan fingerprint density at radius 2 is 2.46 bits per heavy atom. The van der Waals surface area contributed by atoms with E-state index in [1.165, 1.54) is 5.57 Å². The van der Waals surface area contributed by atoms with Gasteiger partial charge in [0.05, 0.1) is 5.71 Å². The zero-order chi connectivity index (χ0) is 9.68. The van der Waals surface area contributed by atoms with Crippen molar-refractivity contribution in [2.24, 2.45) is 5.16 Å². The molecule has 0 amide bonds. The van der Waals surface area contributed by atoms with E-state index in [1.807, 2.05) is 0 Å². The third-order valence-electron chi connectivity index (χ3n) is 2.25. The fraction of sp³-hybridized carbons (Fsp3) is 0.700. The highest BCUT2D eigenvalue weighted by molar-refractivity contribution is 6.00. The number of oxime groups is 1. The van der Waals surface area contributed by atoms with Gasteiger partial charge in [0.2, 0.25) is 0 Å². The highest BCUT2D eigenvalue weighted by Gasteiger charge is 2.12. The molecule has 13 heavy (non-hydrogen) atoms. The van der Waals surface area contributed by atoms with Crippen LogP contribution < -0.4 is 0 Å². The Morgan fingerprint density at radius 1 is 1.69 bits per heavy atom. The predicted molar refractivity (Wildman–Crippen MR) is 54.9 cm³/mol. The SMILES string of the molecule is CC/C(=N\OC)C1=CCCN(C)C1. The maximum atomic E-state index is 4.81. The van der Waals surface area contributed by atoms with Crippen LogP contribution in [0.2, 0.25) is 0 Å². The van der Waals surface area contributed by atoms with E-state index in [0.717, 1.165) is 31.6 Å². The summed E-state index contributed by atoms with van der Waals surface area (Å²) < 4.78 is 0. The van der Waals surface area contributed by atoms with Gasteiger partial charge >= 0.3 is 0 Å². The molecule has 1 aliphatic rings. The normalized spacial score (nSPS) is 19.9. The molecule has 0 aromatic carbocycles. The van der Waals surface area contributed by atoms with Crippen LogP contribution in [0, 0.1) is 0 Å². The quantitative estimate of drug-likeness (QED) is 0.490. The van der Waals surface area contributed by atoms with Gasteiger partial charge in [-0.3, -0.25) is 0 Å². The molecule has 74 valence electrons. The van der Waals surface area contributed by atoms with Crippen molar-refractivity contribution in [3.63, 3.8) is 0 Å². The molecular formula is C10H18N2O. The lowest BCUT2D eigenvalue weighted by Crippen LogP contribution is -2.28. The van der Waals surface area contributed by atoms with E-state index in [4.69, 9.17) is 4.84 Å². The van der Waals surface area contributed by atoms with E-state index in [9.17, 15) is 0 Å². The molecule has 1 heterocycles. The molecule has 3 heteroatoms. The van der Waals surface area contributed by atoms with Gasteiger partial charge in [0.25, 0.3) is 0 Å². The van der Waals surface area contributed by atoms with E-state index in [2.05, 4.69) is 30.1 Å². The average molecular weight is 182 g/mol. The fourth-order valence-corrected chi connectivity index (χ4v) is 1.56. The van der Waals surface area contributed by atoms with Crippen LogP contribution in [0.3, 0.4) is 0 Å². The molecule has 0 radical (unpaired) electrons. The van der Waals surface area contributed by atoms with Gasteiger partial charge in [0, 0.05) is 13.1 Å². The third-order valence-corrected chi connectivity index (χ3v) is 2.25. The molecule has 0 spiro atoms. The predicted octanol–water partition coefficient (Wildman–Crippen LogP) is 1.66. The van der Waals surface area contributed by atoms with Crippen LogP contribution in [0.1, 0.15) is 19.8 Å². The summed E-state index contributed by atoms with van der Waals surface area (Å²) in [5, 5.41) is 4.02. The van der Waals surface area contributed by atoms with Crippen LogP contribution >= 0.6 is 0 Å². The lowest BCUT2D eigenvalue weighted by atomic mass is 10.0. The first-order chi connectivity index (χ1) is 6.27. The van der Waals surface area contributed by atoms with Crippen molar-refractivity contribution >= 4 is 5.71 Å². The number of rotatable bonds is 3. The van der Waals surface area contributed by atoms with Gasteiger partial charge in [0.15, 0.2) is 0 Å². The number of hydrogen-bond donors (Lipinski definition) is 0. The van der Waals surface area contributed by atoms with Crippen LogP contribution in [-0.2, 0) is 4.84 Å². The summed E-state index contributed by atoms with van der Waals surface area (Å²) in [5.74, 6) is 0. The number of likely N-dealkylation sites (N-methyl/N-ethyl adjacent to an activating group) is 1. The Kier molecular flexibility index (Phi) is 3.96. The van der Waals surface area contributed by atoms with Crippen molar-refractivity contribution in [1.29, 1.82) is 0 Å². The van der Waals surface area contributed by atoms with Gasteiger partial charge in [0.1, 0.15) is 7.11 Å². The Balaban J connectivity index is 2.68. The highest BCUT2D eigenvalue weighted by atomic mass is 16.6. The molecule has 0 N–H and O–H groups in total. The molecule has 0 aromatic heterocycles. The largest absolute Gasteiger partial charge is 0.399 e. The lowest BCUT2D eigenvalue weighted by Gasteiger charge is -2.23. The van der Waals surface area contributed by atoms with Crippen LogP contribution in [0.15, 0.2) is 16.8 Å². The van der Waals surface area contributed by atoms with E-state index >= 15 is 0 Å². The maximum Gasteiger partial charge on any atom is 0.106 e. The minimum Gasteiger partial charge on any atom is -0.399 e. The Morgan fingerprint density at radius 3 is 3.00 bits per heavy atom. The smallest absolute Gasteiger partial charge is 0.106 e. The first-order valence-electron chi connectivity index (χ1n) is 4.76. The second-order valence-corrected chi connectivity index (χ2v) is 3.33. The molecule has 0 fully saturated rings. The summed E-state index contributed by atoms with van der Waals surface area (Å²) in [7, 11) is 3.73. The zero-order valence-corrected chi connectivity index (χ0v) is 8.71. The minimum absolute atomic E-state index is 0.938. The topological polar surface area (TPSA) is 24.8 Å². The van der Waals surface area contributed by atoms with E-state index in [0.29, 0.717) is 0 Å². The van der Waals surface area contributed by atoms with Crippen molar-refractivity contribution < 1.29 is 4.84 Å². The first kappa shape index (κ1) is 10.3. The van der Waals surface area contributed by atoms with Crippen molar-refractivity contribution in [2.75, 3.05) is 27.2 Å². The molecule has 1 aliphatic heterocycles. The molecule has 0 unspecified atom stereocenters. The standard InChI is InChI=1S/C10H18N2O/c1-4-10(11-13-3)9-6-5-7-12(2)8-9/h6H,4-5,7-8H2,1-3H3/b11-10+. The summed E-state index contributed by atoms with van der Waals surface area (Å²) in [4.78, 5) is 7.11. The molecule has 0 saturated heterocycles. The van der Waals surface area contributed by atoms with Crippen molar-refractivity contribution in [2.45, 2.75) is 19.8 Å². The molecule has 0 aliphatic carbocycles. The van der Waals surface area contributed by atoms with E-state index in [-0.39, 0.29) is 0 Å². The van der Waals surface area contributed by atoms with Gasteiger partial charge in [-0.2, -0.15) is 0 Å². The molecule has 3 nitrogen and oxygen atoms in total. The molecule has 0 saturated carbocycles. The van der Waals surface area contributed by atoms with Crippen LogP contribution in [0.5, 0.6) is 0 Å². The summed E-state index contributed by atoms with van der Waals surface area (Å²) in [6.07, 6.45) is 4.32. The molecule has 0 aromatic rings. The van der Waals surface area contributed by atoms with Crippen LogP contribution in [0.25, 0.3) is 0 Å². The average Bonchev–Trinajstić information content (AvgIpc) is 2.14. The van der Waals surface area contributed by atoms with Gasteiger partial charge in [-0.15, -0.1) is 0 Å². The van der Waals surface area contributed by atoms with Crippen molar-refractivity contribution in [3.05, 3.63) is 11.6 Å². The van der Waals surface area contributed by atoms with Gasteiger partial charge in [-0.1, -0.05) is 18.2 Å². The highest BCUT2D eigenvalue weighted by Crippen LogP contribution is 2.11. The third kappa shape index (κ3) is 2.84. The van der Waals surface area contributed by atoms with Crippen molar-refractivity contribution in [1.82, 2.24) is 4.90 Å². The van der Waals surface area contributed by atoms with E-state index < -0.39 is 0 Å². The monoisotopic (exact) mass is 182 g/mol. The second-order valence-electron chi connectivity index (χ2n) is 3.33. The van der Waals surface area contributed by atoms with Crippen LogP contribution in [-0.4, -0.2) is 37.9 Å². The summed E-state index contributed by atoms with van der Waals surface area (Å²) >= 11 is 0. The zero-order valence-electron chi connectivity index (χ0n) is 8.71. The van der Waals surface area contributed by atoms with E-state index in [1.54, 1.807) is 7.11 Å². The number of hydrogen-bond acceptors (Lipinski definition) is 3. The van der Waals surface area contributed by atoms with Crippen LogP contribution in [0.4, 0.5) is 0 Å². The number of nitrogens with zero attached hydrogens (tertiary/aromatic N) is 2.